The van der Waals surface area contributed by atoms with E-state index in [1.807, 2.05) is 4.90 Å². The van der Waals surface area contributed by atoms with Crippen molar-refractivity contribution in [2.24, 2.45) is 0 Å². The molecule has 0 radical (unpaired) electrons. The summed E-state index contributed by atoms with van der Waals surface area (Å²) >= 11 is 0. The van der Waals surface area contributed by atoms with E-state index in [1.165, 1.54) is 19.0 Å². The molecule has 0 unspecified atom stereocenters. The Morgan fingerprint density at radius 1 is 1.30 bits per heavy atom. The Kier molecular flexibility index (Phi) is 5.10. The maximum atomic E-state index is 12.4. The quantitative estimate of drug-likeness (QED) is 0.890. The molecule has 6 nitrogen and oxygen atoms in total. The molecule has 124 valence electrons. The van der Waals surface area contributed by atoms with Crippen molar-refractivity contribution < 1.29 is 4.79 Å². The van der Waals surface area contributed by atoms with Gasteiger partial charge in [0.1, 0.15) is 0 Å². The van der Waals surface area contributed by atoms with Gasteiger partial charge in [-0.3, -0.25) is 9.59 Å². The summed E-state index contributed by atoms with van der Waals surface area (Å²) < 4.78 is 0. The predicted octanol–water partition coefficient (Wildman–Crippen LogP) is 1.75. The zero-order valence-electron chi connectivity index (χ0n) is 13.4. The van der Waals surface area contributed by atoms with E-state index < -0.39 is 0 Å². The standard InChI is InChI=1S/C17H24N4O2/c22-16(13-6-3-1-2-4-7-13)20-14-8-5-11-21(12-14)15-17(23)19-10-9-18-15/h6,9-10,14H,1-5,7-8,11-12H2,(H,19,23)(H,20,22)/t14-/m0/s1. The highest BCUT2D eigenvalue weighted by Crippen LogP contribution is 2.19. The summed E-state index contributed by atoms with van der Waals surface area (Å²) in [5.74, 6) is 0.508. The van der Waals surface area contributed by atoms with E-state index in [4.69, 9.17) is 0 Å². The number of amides is 1. The van der Waals surface area contributed by atoms with Crippen LogP contribution in [0.1, 0.15) is 44.9 Å². The number of aromatic nitrogens is 2. The normalized spacial score (nSPS) is 22.2. The number of allylic oxidation sites excluding steroid dienone is 1. The second-order valence-electron chi connectivity index (χ2n) is 6.33. The van der Waals surface area contributed by atoms with Crippen molar-refractivity contribution in [2.75, 3.05) is 18.0 Å². The first-order valence-electron chi connectivity index (χ1n) is 8.52. The van der Waals surface area contributed by atoms with E-state index in [-0.39, 0.29) is 17.5 Å². The average molecular weight is 316 g/mol. The molecule has 0 bridgehead atoms. The predicted molar refractivity (Wildman–Crippen MR) is 89.4 cm³/mol. The molecule has 0 saturated carbocycles. The molecule has 1 fully saturated rings. The zero-order chi connectivity index (χ0) is 16.1. The Morgan fingerprint density at radius 2 is 2.22 bits per heavy atom. The van der Waals surface area contributed by atoms with E-state index in [1.54, 1.807) is 6.20 Å². The largest absolute Gasteiger partial charge is 0.350 e. The second kappa shape index (κ2) is 7.44. The van der Waals surface area contributed by atoms with Crippen molar-refractivity contribution in [1.29, 1.82) is 0 Å². The number of nitrogens with one attached hydrogen (secondary N) is 2. The molecule has 1 aliphatic carbocycles. The van der Waals surface area contributed by atoms with Gasteiger partial charge in [-0.15, -0.1) is 0 Å². The molecule has 6 heteroatoms. The van der Waals surface area contributed by atoms with Crippen LogP contribution < -0.4 is 15.8 Å². The number of anilines is 1. The van der Waals surface area contributed by atoms with Crippen LogP contribution in [0, 0.1) is 0 Å². The van der Waals surface area contributed by atoms with Crippen molar-refractivity contribution >= 4 is 11.7 Å². The number of carbonyl (C=O) groups excluding carboxylic acids is 1. The third-order valence-electron chi connectivity index (χ3n) is 4.58. The lowest BCUT2D eigenvalue weighted by atomic mass is 10.0. The molecule has 23 heavy (non-hydrogen) atoms. The van der Waals surface area contributed by atoms with Crippen molar-refractivity contribution in [3.8, 4) is 0 Å². The lowest BCUT2D eigenvalue weighted by Gasteiger charge is -2.33. The van der Waals surface area contributed by atoms with Crippen LogP contribution in [0.2, 0.25) is 0 Å². The number of nitrogens with zero attached hydrogens (tertiary/aromatic N) is 2. The molecule has 0 spiro atoms. The first-order valence-corrected chi connectivity index (χ1v) is 8.52. The van der Waals surface area contributed by atoms with E-state index in [0.29, 0.717) is 12.4 Å². The summed E-state index contributed by atoms with van der Waals surface area (Å²) in [6.07, 6.45) is 12.5. The van der Waals surface area contributed by atoms with Gasteiger partial charge in [-0.2, -0.15) is 0 Å². The summed E-state index contributed by atoms with van der Waals surface area (Å²) in [5, 5.41) is 3.15. The number of rotatable bonds is 3. The van der Waals surface area contributed by atoms with Crippen LogP contribution in [-0.2, 0) is 4.79 Å². The third kappa shape index (κ3) is 4.00. The monoisotopic (exact) mass is 316 g/mol. The molecule has 1 aromatic heterocycles. The minimum Gasteiger partial charge on any atom is -0.350 e. The van der Waals surface area contributed by atoms with Gasteiger partial charge in [-0.25, -0.2) is 4.98 Å². The molecular weight excluding hydrogens is 292 g/mol. The highest BCUT2D eigenvalue weighted by molar-refractivity contribution is 5.93. The Bertz CT molecular complexity index is 637. The molecule has 0 aromatic carbocycles. The Balaban J connectivity index is 1.62. The zero-order valence-corrected chi connectivity index (χ0v) is 13.4. The van der Waals surface area contributed by atoms with Crippen molar-refractivity contribution in [3.63, 3.8) is 0 Å². The molecule has 2 N–H and O–H groups in total. The van der Waals surface area contributed by atoms with Gasteiger partial charge in [0.05, 0.1) is 0 Å². The van der Waals surface area contributed by atoms with Gasteiger partial charge in [0.25, 0.3) is 5.56 Å². The Hall–Kier alpha value is -2.11. The first kappa shape index (κ1) is 15.8. The molecule has 1 aromatic rings. The fourth-order valence-electron chi connectivity index (χ4n) is 3.36. The van der Waals surface area contributed by atoms with E-state index >= 15 is 0 Å². The number of aromatic amines is 1. The lowest BCUT2D eigenvalue weighted by molar-refractivity contribution is -0.118. The van der Waals surface area contributed by atoms with Gasteiger partial charge in [-0.05, 0) is 38.5 Å². The molecule has 1 amide bonds. The maximum Gasteiger partial charge on any atom is 0.290 e. The number of carbonyl (C=O) groups is 1. The summed E-state index contributed by atoms with van der Waals surface area (Å²) in [7, 11) is 0. The summed E-state index contributed by atoms with van der Waals surface area (Å²) in [6, 6.07) is 0.0711. The minimum absolute atomic E-state index is 0.0636. The molecule has 1 saturated heterocycles. The Morgan fingerprint density at radius 3 is 3.09 bits per heavy atom. The van der Waals surface area contributed by atoms with Gasteiger partial charge in [0.15, 0.2) is 5.82 Å². The first-order chi connectivity index (χ1) is 11.2. The van der Waals surface area contributed by atoms with E-state index in [9.17, 15) is 9.59 Å². The van der Waals surface area contributed by atoms with Crippen LogP contribution in [0.5, 0.6) is 0 Å². The van der Waals surface area contributed by atoms with Crippen LogP contribution in [0.15, 0.2) is 28.8 Å². The van der Waals surface area contributed by atoms with Gasteiger partial charge >= 0.3 is 0 Å². The van der Waals surface area contributed by atoms with Crippen LogP contribution in [0.25, 0.3) is 0 Å². The van der Waals surface area contributed by atoms with Gasteiger partial charge in [0.2, 0.25) is 5.91 Å². The smallest absolute Gasteiger partial charge is 0.290 e. The number of hydrogen-bond acceptors (Lipinski definition) is 4. The van der Waals surface area contributed by atoms with Gasteiger partial charge in [-0.1, -0.05) is 12.5 Å². The van der Waals surface area contributed by atoms with Crippen LogP contribution in [0.4, 0.5) is 5.82 Å². The van der Waals surface area contributed by atoms with Crippen molar-refractivity contribution in [3.05, 3.63) is 34.4 Å². The van der Waals surface area contributed by atoms with Crippen LogP contribution in [0.3, 0.4) is 0 Å². The number of hydrogen-bond donors (Lipinski definition) is 2. The fraction of sp³-hybridized carbons (Fsp3) is 0.588. The van der Waals surface area contributed by atoms with E-state index in [0.717, 1.165) is 44.2 Å². The molecule has 3 rings (SSSR count). The SMILES string of the molecule is O=C(N[C@H]1CCCN(c2ncc[nH]c2=O)C1)C1=CCCCCC1. The third-order valence-corrected chi connectivity index (χ3v) is 4.58. The second-order valence-corrected chi connectivity index (χ2v) is 6.33. The van der Waals surface area contributed by atoms with Crippen molar-refractivity contribution in [2.45, 2.75) is 51.0 Å². The summed E-state index contributed by atoms with van der Waals surface area (Å²) in [4.78, 5) is 33.1. The van der Waals surface area contributed by atoms with Gasteiger partial charge in [0, 0.05) is 37.1 Å². The lowest BCUT2D eigenvalue weighted by Crippen LogP contribution is -2.49. The van der Waals surface area contributed by atoms with Crippen molar-refractivity contribution in [1.82, 2.24) is 15.3 Å². The van der Waals surface area contributed by atoms with Crippen LogP contribution in [-0.4, -0.2) is 35.0 Å². The Labute approximate surface area is 136 Å². The van der Waals surface area contributed by atoms with Gasteiger partial charge < -0.3 is 15.2 Å². The fourth-order valence-corrected chi connectivity index (χ4v) is 3.36. The number of piperidine rings is 1. The molecule has 1 atom stereocenters. The molecular formula is C17H24N4O2. The van der Waals surface area contributed by atoms with E-state index in [2.05, 4.69) is 21.4 Å². The van der Waals surface area contributed by atoms with Crippen LogP contribution >= 0.6 is 0 Å². The maximum absolute atomic E-state index is 12.4. The molecule has 2 heterocycles. The highest BCUT2D eigenvalue weighted by atomic mass is 16.2. The average Bonchev–Trinajstić information content (AvgIpc) is 2.85. The minimum atomic E-state index is -0.175. The number of H-pyrrole nitrogens is 1. The molecule has 2 aliphatic rings. The molecule has 1 aliphatic heterocycles. The summed E-state index contributed by atoms with van der Waals surface area (Å²) in [5.41, 5.74) is 0.751. The summed E-state index contributed by atoms with van der Waals surface area (Å²) in [6.45, 7) is 1.44. The topological polar surface area (TPSA) is 78.1 Å². The highest BCUT2D eigenvalue weighted by Gasteiger charge is 2.24.